The SMILES string of the molecule is CSC1CCCC(NCCc2ccc([N+](=O)[O-])cc2)C1. The number of hydrogen-bond donors (Lipinski definition) is 1. The van der Waals surface area contributed by atoms with Crippen LogP contribution in [0.5, 0.6) is 0 Å². The van der Waals surface area contributed by atoms with Crippen LogP contribution in [0, 0.1) is 10.1 Å². The summed E-state index contributed by atoms with van der Waals surface area (Å²) in [5, 5.41) is 15.0. The minimum atomic E-state index is -0.355. The Bertz CT molecular complexity index is 436. The summed E-state index contributed by atoms with van der Waals surface area (Å²) in [6.45, 7) is 0.948. The molecule has 2 atom stereocenters. The zero-order chi connectivity index (χ0) is 14.4. The van der Waals surface area contributed by atoms with Crippen LogP contribution in [0.15, 0.2) is 24.3 Å². The Balaban J connectivity index is 1.74. The van der Waals surface area contributed by atoms with E-state index in [0.717, 1.165) is 23.8 Å². The molecule has 0 radical (unpaired) electrons. The van der Waals surface area contributed by atoms with E-state index in [1.54, 1.807) is 12.1 Å². The molecule has 2 unspecified atom stereocenters. The maximum absolute atomic E-state index is 10.6. The molecule has 0 amide bonds. The maximum atomic E-state index is 10.6. The lowest BCUT2D eigenvalue weighted by Gasteiger charge is -2.28. The van der Waals surface area contributed by atoms with Gasteiger partial charge in [-0.25, -0.2) is 0 Å². The highest BCUT2D eigenvalue weighted by molar-refractivity contribution is 7.99. The summed E-state index contributed by atoms with van der Waals surface area (Å²) in [7, 11) is 0. The summed E-state index contributed by atoms with van der Waals surface area (Å²) >= 11 is 1.98. The number of thioether (sulfide) groups is 1. The molecule has 0 aromatic heterocycles. The van der Waals surface area contributed by atoms with Crippen LogP contribution >= 0.6 is 11.8 Å². The van der Waals surface area contributed by atoms with Gasteiger partial charge in [0.05, 0.1) is 4.92 Å². The van der Waals surface area contributed by atoms with Gasteiger partial charge in [0.15, 0.2) is 0 Å². The first-order valence-electron chi connectivity index (χ1n) is 7.18. The summed E-state index contributed by atoms with van der Waals surface area (Å²) in [4.78, 5) is 10.2. The Kier molecular flexibility index (Phi) is 5.86. The molecule has 4 nitrogen and oxygen atoms in total. The fourth-order valence-electron chi connectivity index (χ4n) is 2.75. The van der Waals surface area contributed by atoms with E-state index in [1.807, 2.05) is 23.9 Å². The largest absolute Gasteiger partial charge is 0.314 e. The van der Waals surface area contributed by atoms with Crippen LogP contribution in [-0.2, 0) is 6.42 Å². The zero-order valence-corrected chi connectivity index (χ0v) is 12.7. The van der Waals surface area contributed by atoms with Gasteiger partial charge < -0.3 is 5.32 Å². The Morgan fingerprint density at radius 2 is 2.10 bits per heavy atom. The molecule has 1 aromatic rings. The van der Waals surface area contributed by atoms with Crippen LogP contribution in [0.25, 0.3) is 0 Å². The minimum absolute atomic E-state index is 0.164. The number of nitrogens with zero attached hydrogens (tertiary/aromatic N) is 1. The van der Waals surface area contributed by atoms with Crippen LogP contribution in [0.4, 0.5) is 5.69 Å². The molecule has 1 fully saturated rings. The number of nitrogens with one attached hydrogen (secondary N) is 1. The van der Waals surface area contributed by atoms with Gasteiger partial charge in [0.2, 0.25) is 0 Å². The molecule has 1 aliphatic rings. The fraction of sp³-hybridized carbons (Fsp3) is 0.600. The van der Waals surface area contributed by atoms with E-state index in [2.05, 4.69) is 11.6 Å². The van der Waals surface area contributed by atoms with Crippen LogP contribution in [0.3, 0.4) is 0 Å². The monoisotopic (exact) mass is 294 g/mol. The quantitative estimate of drug-likeness (QED) is 0.645. The molecule has 1 aliphatic carbocycles. The van der Waals surface area contributed by atoms with Gasteiger partial charge in [-0.15, -0.1) is 0 Å². The molecule has 5 heteroatoms. The van der Waals surface area contributed by atoms with Gasteiger partial charge >= 0.3 is 0 Å². The minimum Gasteiger partial charge on any atom is -0.314 e. The first-order valence-corrected chi connectivity index (χ1v) is 8.47. The fourth-order valence-corrected chi connectivity index (χ4v) is 3.58. The first kappa shape index (κ1) is 15.3. The van der Waals surface area contributed by atoms with E-state index in [1.165, 1.54) is 25.7 Å². The van der Waals surface area contributed by atoms with Crippen molar-refractivity contribution in [2.45, 2.75) is 43.4 Å². The van der Waals surface area contributed by atoms with Gasteiger partial charge in [0.1, 0.15) is 0 Å². The Morgan fingerprint density at radius 1 is 1.35 bits per heavy atom. The van der Waals surface area contributed by atoms with Gasteiger partial charge in [-0.05, 0) is 44.0 Å². The summed E-state index contributed by atoms with van der Waals surface area (Å²) in [6, 6.07) is 7.51. The first-order chi connectivity index (χ1) is 9.69. The summed E-state index contributed by atoms with van der Waals surface area (Å²) in [6.07, 6.45) is 8.34. The van der Waals surface area contributed by atoms with Gasteiger partial charge in [-0.3, -0.25) is 10.1 Å². The molecule has 1 saturated carbocycles. The van der Waals surface area contributed by atoms with Crippen molar-refractivity contribution in [3.63, 3.8) is 0 Å². The maximum Gasteiger partial charge on any atom is 0.269 e. The molecular formula is C15H22N2O2S. The standard InChI is InChI=1S/C15H22N2O2S/c1-20-15-4-2-3-13(11-15)16-10-9-12-5-7-14(8-6-12)17(18)19/h5-8,13,15-16H,2-4,9-11H2,1H3. The normalized spacial score (nSPS) is 22.6. The van der Waals surface area contributed by atoms with E-state index in [0.29, 0.717) is 6.04 Å². The van der Waals surface area contributed by atoms with Crippen molar-refractivity contribution < 1.29 is 4.92 Å². The highest BCUT2D eigenvalue weighted by Gasteiger charge is 2.20. The van der Waals surface area contributed by atoms with Crippen molar-refractivity contribution >= 4 is 17.4 Å². The molecule has 2 rings (SSSR count). The molecule has 0 saturated heterocycles. The van der Waals surface area contributed by atoms with E-state index >= 15 is 0 Å². The van der Waals surface area contributed by atoms with Crippen LogP contribution < -0.4 is 5.32 Å². The average molecular weight is 294 g/mol. The lowest BCUT2D eigenvalue weighted by molar-refractivity contribution is -0.384. The van der Waals surface area contributed by atoms with E-state index < -0.39 is 0 Å². The summed E-state index contributed by atoms with van der Waals surface area (Å²) in [5.74, 6) is 0. The number of non-ortho nitro benzene ring substituents is 1. The van der Waals surface area contributed by atoms with Crippen LogP contribution in [0.1, 0.15) is 31.2 Å². The molecule has 110 valence electrons. The third-order valence-corrected chi connectivity index (χ3v) is 5.05. The van der Waals surface area contributed by atoms with Crippen LogP contribution in [-0.4, -0.2) is 29.0 Å². The second kappa shape index (κ2) is 7.64. The van der Waals surface area contributed by atoms with Crippen molar-refractivity contribution in [1.29, 1.82) is 0 Å². The molecule has 0 spiro atoms. The smallest absolute Gasteiger partial charge is 0.269 e. The number of nitro groups is 1. The second-order valence-electron chi connectivity index (χ2n) is 5.35. The molecule has 20 heavy (non-hydrogen) atoms. The predicted molar refractivity (Wildman–Crippen MR) is 84.4 cm³/mol. The number of rotatable bonds is 6. The lowest BCUT2D eigenvalue weighted by atomic mass is 9.95. The van der Waals surface area contributed by atoms with Gasteiger partial charge in [0.25, 0.3) is 5.69 Å². The summed E-state index contributed by atoms with van der Waals surface area (Å²) in [5.41, 5.74) is 1.32. The molecule has 1 N–H and O–H groups in total. The third kappa shape index (κ3) is 4.49. The second-order valence-corrected chi connectivity index (χ2v) is 6.49. The molecule has 1 aromatic carbocycles. The Labute approximate surface area is 124 Å². The van der Waals surface area contributed by atoms with E-state index in [9.17, 15) is 10.1 Å². The average Bonchev–Trinajstić information content (AvgIpc) is 2.48. The number of hydrogen-bond acceptors (Lipinski definition) is 4. The topological polar surface area (TPSA) is 55.2 Å². The van der Waals surface area contributed by atoms with Crippen molar-refractivity contribution in [2.24, 2.45) is 0 Å². The number of nitro benzene ring substituents is 1. The molecule has 0 heterocycles. The van der Waals surface area contributed by atoms with Crippen molar-refractivity contribution in [2.75, 3.05) is 12.8 Å². The lowest BCUT2D eigenvalue weighted by Crippen LogP contribution is -2.36. The molecule has 0 bridgehead atoms. The highest BCUT2D eigenvalue weighted by atomic mass is 32.2. The molecular weight excluding hydrogens is 272 g/mol. The molecule has 0 aliphatic heterocycles. The zero-order valence-electron chi connectivity index (χ0n) is 11.9. The highest BCUT2D eigenvalue weighted by Crippen LogP contribution is 2.26. The Hall–Kier alpha value is -1.07. The van der Waals surface area contributed by atoms with Crippen molar-refractivity contribution in [3.05, 3.63) is 39.9 Å². The third-order valence-electron chi connectivity index (χ3n) is 3.95. The van der Waals surface area contributed by atoms with Gasteiger partial charge in [0, 0.05) is 23.4 Å². The summed E-state index contributed by atoms with van der Waals surface area (Å²) < 4.78 is 0. The van der Waals surface area contributed by atoms with Crippen molar-refractivity contribution in [3.8, 4) is 0 Å². The van der Waals surface area contributed by atoms with Crippen LogP contribution in [0.2, 0.25) is 0 Å². The van der Waals surface area contributed by atoms with Gasteiger partial charge in [-0.2, -0.15) is 11.8 Å². The van der Waals surface area contributed by atoms with Gasteiger partial charge in [-0.1, -0.05) is 18.6 Å². The predicted octanol–water partition coefficient (Wildman–Crippen LogP) is 3.40. The Morgan fingerprint density at radius 3 is 2.75 bits per heavy atom. The van der Waals surface area contributed by atoms with E-state index in [4.69, 9.17) is 0 Å². The number of benzene rings is 1. The van der Waals surface area contributed by atoms with Crippen molar-refractivity contribution in [1.82, 2.24) is 5.32 Å². The van der Waals surface area contributed by atoms with E-state index in [-0.39, 0.29) is 10.6 Å².